The molecule has 0 aliphatic rings. The molecule has 0 spiro atoms. The van der Waals surface area contributed by atoms with Crippen molar-refractivity contribution >= 4 is 15.7 Å². The number of sulfonamides is 1. The average Bonchev–Trinajstić information content (AvgIpc) is 2.41. The molecule has 0 saturated heterocycles. The highest BCUT2D eigenvalue weighted by molar-refractivity contribution is 7.89. The Bertz CT molecular complexity index is 534. The summed E-state index contributed by atoms with van der Waals surface area (Å²) in [6, 6.07) is 6.81. The van der Waals surface area contributed by atoms with Gasteiger partial charge in [0.15, 0.2) is 0 Å². The van der Waals surface area contributed by atoms with E-state index in [2.05, 4.69) is 0 Å². The smallest absolute Gasteiger partial charge is 0.217 e. The molecular weight excluding hydrogens is 292 g/mol. The molecule has 1 aromatic carbocycles. The molecule has 6 nitrogen and oxygen atoms in total. The number of hydrogen-bond acceptors (Lipinski definition) is 5. The lowest BCUT2D eigenvalue weighted by atomic mass is 10.3. The summed E-state index contributed by atoms with van der Waals surface area (Å²) in [6.07, 6.45) is 0. The van der Waals surface area contributed by atoms with Crippen LogP contribution in [0.1, 0.15) is 13.8 Å². The monoisotopic (exact) mass is 316 g/mol. The first-order chi connectivity index (χ1) is 9.92. The number of anilines is 1. The number of para-hydroxylation sites is 2. The van der Waals surface area contributed by atoms with Crippen molar-refractivity contribution in [2.45, 2.75) is 19.9 Å². The van der Waals surface area contributed by atoms with Crippen LogP contribution in [0.5, 0.6) is 5.75 Å². The van der Waals surface area contributed by atoms with Crippen molar-refractivity contribution in [2.75, 3.05) is 38.4 Å². The molecule has 7 heteroatoms. The largest absolute Gasteiger partial charge is 0.490 e. The van der Waals surface area contributed by atoms with Crippen LogP contribution in [0.4, 0.5) is 5.69 Å². The molecule has 0 aromatic heterocycles. The fourth-order valence-electron chi connectivity index (χ4n) is 2.09. The van der Waals surface area contributed by atoms with Gasteiger partial charge in [-0.15, -0.1) is 0 Å². The number of rotatable bonds is 9. The molecule has 120 valence electrons. The number of nitrogen functional groups attached to an aromatic ring is 1. The summed E-state index contributed by atoms with van der Waals surface area (Å²) in [6.45, 7) is 4.45. The third kappa shape index (κ3) is 5.18. The van der Waals surface area contributed by atoms with E-state index in [1.54, 1.807) is 38.3 Å². The van der Waals surface area contributed by atoms with Gasteiger partial charge in [-0.05, 0) is 19.1 Å². The quantitative estimate of drug-likeness (QED) is 0.695. The third-order valence-electron chi connectivity index (χ3n) is 3.09. The zero-order valence-corrected chi connectivity index (χ0v) is 13.6. The van der Waals surface area contributed by atoms with Crippen molar-refractivity contribution < 1.29 is 17.9 Å². The molecule has 0 fully saturated rings. The Morgan fingerprint density at radius 2 is 2.00 bits per heavy atom. The number of methoxy groups -OCH3 is 1. The summed E-state index contributed by atoms with van der Waals surface area (Å²) in [5.41, 5.74) is 6.24. The third-order valence-corrected chi connectivity index (χ3v) is 5.10. The number of nitrogens with two attached hydrogens (primary N) is 1. The highest BCUT2D eigenvalue weighted by Crippen LogP contribution is 2.19. The van der Waals surface area contributed by atoms with E-state index in [9.17, 15) is 8.42 Å². The first-order valence-corrected chi connectivity index (χ1v) is 8.49. The molecule has 0 heterocycles. The molecule has 2 N–H and O–H groups in total. The Morgan fingerprint density at radius 1 is 1.33 bits per heavy atom. The Kier molecular flexibility index (Phi) is 6.94. The van der Waals surface area contributed by atoms with Gasteiger partial charge in [-0.1, -0.05) is 19.1 Å². The van der Waals surface area contributed by atoms with E-state index >= 15 is 0 Å². The molecule has 1 rings (SSSR count). The highest BCUT2D eigenvalue weighted by Gasteiger charge is 2.25. The van der Waals surface area contributed by atoms with Crippen LogP contribution in [0.3, 0.4) is 0 Å². The number of nitrogens with zero attached hydrogens (tertiary/aromatic N) is 1. The number of hydrogen-bond donors (Lipinski definition) is 1. The predicted molar refractivity (Wildman–Crippen MR) is 83.9 cm³/mol. The highest BCUT2D eigenvalue weighted by atomic mass is 32.2. The molecule has 0 aliphatic carbocycles. The standard InChI is InChI=1S/C14H24N2O4S/c1-4-16(12(2)11-19-3)21(17,18)10-9-20-14-8-6-5-7-13(14)15/h5-8,12H,4,9-11,15H2,1-3H3. The normalized spacial score (nSPS) is 13.3. The van der Waals surface area contributed by atoms with Gasteiger partial charge in [0.1, 0.15) is 12.4 Å². The van der Waals surface area contributed by atoms with Gasteiger partial charge >= 0.3 is 0 Å². The minimum Gasteiger partial charge on any atom is -0.490 e. The number of likely N-dealkylation sites (N-methyl/N-ethyl adjacent to an activating group) is 1. The maximum Gasteiger partial charge on any atom is 0.217 e. The Morgan fingerprint density at radius 3 is 2.57 bits per heavy atom. The zero-order chi connectivity index (χ0) is 15.9. The Labute approximate surface area is 126 Å². The molecule has 21 heavy (non-hydrogen) atoms. The van der Waals surface area contributed by atoms with Gasteiger partial charge in [0, 0.05) is 19.7 Å². The SMILES string of the molecule is CCN(C(C)COC)S(=O)(=O)CCOc1ccccc1N. The van der Waals surface area contributed by atoms with E-state index in [1.807, 2.05) is 6.92 Å². The van der Waals surface area contributed by atoms with Gasteiger partial charge in [-0.2, -0.15) is 4.31 Å². The molecular formula is C14H24N2O4S. The Balaban J connectivity index is 2.61. The summed E-state index contributed by atoms with van der Waals surface area (Å²) >= 11 is 0. The first-order valence-electron chi connectivity index (χ1n) is 6.88. The van der Waals surface area contributed by atoms with Crippen LogP contribution >= 0.6 is 0 Å². The first kappa shape index (κ1) is 17.7. The minimum absolute atomic E-state index is 0.0623. The fraction of sp³-hybridized carbons (Fsp3) is 0.571. The molecule has 0 bridgehead atoms. The van der Waals surface area contributed by atoms with E-state index < -0.39 is 10.0 Å². The average molecular weight is 316 g/mol. The van der Waals surface area contributed by atoms with Crippen LogP contribution in [0.25, 0.3) is 0 Å². The lowest BCUT2D eigenvalue weighted by molar-refractivity contribution is 0.142. The van der Waals surface area contributed by atoms with Crippen molar-refractivity contribution in [2.24, 2.45) is 0 Å². The van der Waals surface area contributed by atoms with E-state index in [4.69, 9.17) is 15.2 Å². The topological polar surface area (TPSA) is 81.9 Å². The van der Waals surface area contributed by atoms with Gasteiger partial charge in [0.05, 0.1) is 18.0 Å². The van der Waals surface area contributed by atoms with E-state index in [0.29, 0.717) is 24.6 Å². The van der Waals surface area contributed by atoms with E-state index in [-0.39, 0.29) is 18.4 Å². The summed E-state index contributed by atoms with van der Waals surface area (Å²) in [4.78, 5) is 0. The van der Waals surface area contributed by atoms with Crippen LogP contribution in [-0.4, -0.2) is 51.4 Å². The number of benzene rings is 1. The lowest BCUT2D eigenvalue weighted by Crippen LogP contribution is -2.43. The molecule has 0 radical (unpaired) electrons. The minimum atomic E-state index is -3.39. The molecule has 0 aliphatic heterocycles. The van der Waals surface area contributed by atoms with Gasteiger partial charge < -0.3 is 15.2 Å². The molecule has 0 amide bonds. The zero-order valence-electron chi connectivity index (χ0n) is 12.8. The molecule has 1 aromatic rings. The second-order valence-electron chi connectivity index (χ2n) is 4.71. The second-order valence-corrected chi connectivity index (χ2v) is 6.75. The van der Waals surface area contributed by atoms with E-state index in [1.165, 1.54) is 4.31 Å². The van der Waals surface area contributed by atoms with Crippen molar-refractivity contribution in [3.8, 4) is 5.75 Å². The van der Waals surface area contributed by atoms with Crippen molar-refractivity contribution in [1.29, 1.82) is 0 Å². The van der Waals surface area contributed by atoms with Crippen LogP contribution in [0, 0.1) is 0 Å². The van der Waals surface area contributed by atoms with Crippen molar-refractivity contribution in [1.82, 2.24) is 4.31 Å². The predicted octanol–water partition coefficient (Wildman–Crippen LogP) is 1.33. The molecule has 1 unspecified atom stereocenters. The molecule has 0 saturated carbocycles. The van der Waals surface area contributed by atoms with Crippen molar-refractivity contribution in [3.63, 3.8) is 0 Å². The summed E-state index contributed by atoms with van der Waals surface area (Å²) in [7, 11) is -1.84. The van der Waals surface area contributed by atoms with E-state index in [0.717, 1.165) is 0 Å². The maximum absolute atomic E-state index is 12.3. The van der Waals surface area contributed by atoms with Gasteiger partial charge in [-0.3, -0.25) is 0 Å². The van der Waals surface area contributed by atoms with Crippen LogP contribution in [0.15, 0.2) is 24.3 Å². The maximum atomic E-state index is 12.3. The summed E-state index contributed by atoms with van der Waals surface area (Å²) in [5, 5.41) is 0. The van der Waals surface area contributed by atoms with Gasteiger partial charge in [0.25, 0.3) is 0 Å². The van der Waals surface area contributed by atoms with Crippen LogP contribution in [0.2, 0.25) is 0 Å². The lowest BCUT2D eigenvalue weighted by Gasteiger charge is -2.26. The summed E-state index contributed by atoms with van der Waals surface area (Å²) in [5.74, 6) is 0.407. The van der Waals surface area contributed by atoms with Crippen LogP contribution in [-0.2, 0) is 14.8 Å². The summed E-state index contributed by atoms with van der Waals surface area (Å²) < 4.78 is 36.5. The molecule has 1 atom stereocenters. The van der Waals surface area contributed by atoms with Gasteiger partial charge in [0.2, 0.25) is 10.0 Å². The Hall–Kier alpha value is -1.31. The van der Waals surface area contributed by atoms with Gasteiger partial charge in [-0.25, -0.2) is 8.42 Å². The van der Waals surface area contributed by atoms with Crippen molar-refractivity contribution in [3.05, 3.63) is 24.3 Å². The second kappa shape index (κ2) is 8.21. The number of ether oxygens (including phenoxy) is 2. The fourth-order valence-corrected chi connectivity index (χ4v) is 3.62. The van der Waals surface area contributed by atoms with Crippen LogP contribution < -0.4 is 10.5 Å².